The molecule has 1 aliphatic heterocycles. The molecule has 5 nitrogen and oxygen atoms in total. The second-order valence-electron chi connectivity index (χ2n) is 10.1. The first-order chi connectivity index (χ1) is 19.5. The smallest absolute Gasteiger partial charge is 0.155 e. The predicted molar refractivity (Wildman–Crippen MR) is 156 cm³/mol. The maximum atomic E-state index is 9.24. The van der Waals surface area contributed by atoms with Gasteiger partial charge in [0.25, 0.3) is 0 Å². The Kier molecular flexibility index (Phi) is 6.19. The molecule has 0 unspecified atom stereocenters. The van der Waals surface area contributed by atoms with Gasteiger partial charge in [0.1, 0.15) is 17.2 Å². The zero-order chi connectivity index (χ0) is 27.7. The van der Waals surface area contributed by atoms with E-state index in [0.29, 0.717) is 34.1 Å². The fourth-order valence-corrected chi connectivity index (χ4v) is 5.25. The zero-order valence-electron chi connectivity index (χ0n) is 22.1. The van der Waals surface area contributed by atoms with Crippen molar-refractivity contribution in [3.05, 3.63) is 138 Å². The van der Waals surface area contributed by atoms with Crippen LogP contribution in [0.2, 0.25) is 0 Å². The third-order valence-corrected chi connectivity index (χ3v) is 7.24. The topological polar surface area (TPSA) is 69.3 Å². The van der Waals surface area contributed by atoms with Crippen LogP contribution in [0.15, 0.2) is 115 Å². The number of nitrogens with zero attached hydrogens (tertiary/aromatic N) is 3. The van der Waals surface area contributed by atoms with Crippen molar-refractivity contribution in [3.8, 4) is 35.1 Å². The molecule has 5 aromatic carbocycles. The van der Waals surface area contributed by atoms with Gasteiger partial charge in [0.2, 0.25) is 0 Å². The van der Waals surface area contributed by atoms with Gasteiger partial charge in [-0.1, -0.05) is 56.3 Å². The van der Waals surface area contributed by atoms with Gasteiger partial charge in [0.15, 0.2) is 11.5 Å². The van der Waals surface area contributed by atoms with Crippen molar-refractivity contribution in [3.63, 3.8) is 0 Å². The van der Waals surface area contributed by atoms with Gasteiger partial charge >= 0.3 is 0 Å². The molecule has 0 N–H and O–H groups in total. The Morgan fingerprint density at radius 3 is 1.40 bits per heavy atom. The Morgan fingerprint density at radius 1 is 0.550 bits per heavy atom. The SMILES string of the molecule is CC1(C)c2ccccc2N(c2c(Oc3ccc(C#N)cc3)cccc2Oc2ccc(C#N)cc2)c2ccccc21. The summed E-state index contributed by atoms with van der Waals surface area (Å²) in [6.45, 7) is 4.49. The molecule has 192 valence electrons. The molecule has 5 aromatic rings. The number of benzene rings is 5. The number of rotatable bonds is 5. The molecule has 0 fully saturated rings. The number of fused-ring (bicyclic) bond motifs is 2. The summed E-state index contributed by atoms with van der Waals surface area (Å²) in [7, 11) is 0. The van der Waals surface area contributed by atoms with Gasteiger partial charge in [0, 0.05) is 5.41 Å². The van der Waals surface area contributed by atoms with E-state index in [2.05, 4.69) is 67.3 Å². The normalized spacial score (nSPS) is 12.8. The molecule has 0 atom stereocenters. The van der Waals surface area contributed by atoms with E-state index in [4.69, 9.17) is 9.47 Å². The lowest BCUT2D eigenvalue weighted by Crippen LogP contribution is -2.30. The quantitative estimate of drug-likeness (QED) is 0.232. The van der Waals surface area contributed by atoms with E-state index in [1.54, 1.807) is 48.5 Å². The van der Waals surface area contributed by atoms with Crippen molar-refractivity contribution >= 4 is 17.1 Å². The minimum atomic E-state index is -0.221. The molecular formula is C35H25N3O2. The first kappa shape index (κ1) is 24.8. The van der Waals surface area contributed by atoms with Crippen molar-refractivity contribution in [2.45, 2.75) is 19.3 Å². The predicted octanol–water partition coefficient (Wildman–Crippen LogP) is 9.12. The van der Waals surface area contributed by atoms with Crippen LogP contribution >= 0.6 is 0 Å². The first-order valence-corrected chi connectivity index (χ1v) is 13.0. The van der Waals surface area contributed by atoms with E-state index >= 15 is 0 Å². The molecule has 40 heavy (non-hydrogen) atoms. The van der Waals surface area contributed by atoms with Crippen LogP contribution in [-0.4, -0.2) is 0 Å². The number of hydrogen-bond acceptors (Lipinski definition) is 5. The highest BCUT2D eigenvalue weighted by Gasteiger charge is 2.38. The molecule has 0 saturated carbocycles. The molecule has 0 radical (unpaired) electrons. The Morgan fingerprint density at radius 2 is 0.975 bits per heavy atom. The van der Waals surface area contributed by atoms with Gasteiger partial charge < -0.3 is 14.4 Å². The highest BCUT2D eigenvalue weighted by molar-refractivity contribution is 5.90. The van der Waals surface area contributed by atoms with Gasteiger partial charge in [-0.25, -0.2) is 0 Å². The van der Waals surface area contributed by atoms with Crippen LogP contribution in [0.25, 0.3) is 0 Å². The lowest BCUT2D eigenvalue weighted by atomic mass is 9.73. The number of ether oxygens (including phenoxy) is 2. The van der Waals surface area contributed by atoms with E-state index in [0.717, 1.165) is 17.1 Å². The Hall–Kier alpha value is -5.52. The summed E-state index contributed by atoms with van der Waals surface area (Å²) in [6.07, 6.45) is 0. The fraction of sp³-hybridized carbons (Fsp3) is 0.0857. The zero-order valence-corrected chi connectivity index (χ0v) is 22.1. The van der Waals surface area contributed by atoms with Crippen molar-refractivity contribution in [2.24, 2.45) is 0 Å². The highest BCUT2D eigenvalue weighted by atomic mass is 16.5. The van der Waals surface area contributed by atoms with E-state index in [9.17, 15) is 10.5 Å². The molecule has 0 aromatic heterocycles. The average molecular weight is 520 g/mol. The number of anilines is 3. The summed E-state index contributed by atoms with van der Waals surface area (Å²) in [6, 6.07) is 41.0. The van der Waals surface area contributed by atoms with Crippen LogP contribution in [0, 0.1) is 22.7 Å². The van der Waals surface area contributed by atoms with Crippen molar-refractivity contribution in [1.82, 2.24) is 0 Å². The summed E-state index contributed by atoms with van der Waals surface area (Å²) < 4.78 is 13.0. The van der Waals surface area contributed by atoms with Gasteiger partial charge in [-0.3, -0.25) is 0 Å². The second kappa shape index (κ2) is 9.98. The summed E-state index contributed by atoms with van der Waals surface area (Å²) in [5, 5.41) is 18.5. The van der Waals surface area contributed by atoms with Crippen LogP contribution in [0.1, 0.15) is 36.1 Å². The van der Waals surface area contributed by atoms with Gasteiger partial charge in [-0.2, -0.15) is 10.5 Å². The largest absolute Gasteiger partial charge is 0.455 e. The lowest BCUT2D eigenvalue weighted by Gasteiger charge is -2.42. The lowest BCUT2D eigenvalue weighted by molar-refractivity contribution is 0.462. The molecule has 0 saturated heterocycles. The van der Waals surface area contributed by atoms with Crippen molar-refractivity contribution < 1.29 is 9.47 Å². The molecule has 0 amide bonds. The first-order valence-electron chi connectivity index (χ1n) is 13.0. The van der Waals surface area contributed by atoms with E-state index < -0.39 is 0 Å². The van der Waals surface area contributed by atoms with Crippen LogP contribution < -0.4 is 14.4 Å². The van der Waals surface area contributed by atoms with Gasteiger partial charge in [-0.05, 0) is 83.9 Å². The summed E-state index contributed by atoms with van der Waals surface area (Å²) in [5.41, 5.74) is 6.08. The molecular weight excluding hydrogens is 494 g/mol. The standard InChI is InChI=1S/C35H25N3O2/c1-35(2)28-8-3-5-10-30(28)38(31-11-6-4-9-29(31)35)34-32(39-26-18-14-24(22-36)15-19-26)12-7-13-33(34)40-27-20-16-25(23-37)17-21-27/h3-21H,1-2H3. The Labute approximate surface area is 233 Å². The summed E-state index contributed by atoms with van der Waals surface area (Å²) >= 11 is 0. The molecule has 0 bridgehead atoms. The minimum Gasteiger partial charge on any atom is -0.455 e. The number of para-hydroxylation sites is 3. The molecule has 1 heterocycles. The Bertz CT molecular complexity index is 1670. The molecule has 6 rings (SSSR count). The van der Waals surface area contributed by atoms with Crippen LogP contribution in [0.5, 0.6) is 23.0 Å². The minimum absolute atomic E-state index is 0.221. The molecule has 0 aliphatic carbocycles. The average Bonchev–Trinajstić information content (AvgIpc) is 2.99. The molecule has 1 aliphatic rings. The number of hydrogen-bond donors (Lipinski definition) is 0. The maximum Gasteiger partial charge on any atom is 0.155 e. The third-order valence-electron chi connectivity index (χ3n) is 7.24. The van der Waals surface area contributed by atoms with E-state index in [1.807, 2.05) is 30.3 Å². The summed E-state index contributed by atoms with van der Waals surface area (Å²) in [5.74, 6) is 2.41. The fourth-order valence-electron chi connectivity index (χ4n) is 5.25. The third kappa shape index (κ3) is 4.30. The second-order valence-corrected chi connectivity index (χ2v) is 10.1. The maximum absolute atomic E-state index is 9.24. The van der Waals surface area contributed by atoms with Crippen LogP contribution in [0.4, 0.5) is 17.1 Å². The van der Waals surface area contributed by atoms with Crippen LogP contribution in [-0.2, 0) is 5.41 Å². The van der Waals surface area contributed by atoms with E-state index in [-0.39, 0.29) is 5.41 Å². The number of nitriles is 2. The monoisotopic (exact) mass is 519 g/mol. The van der Waals surface area contributed by atoms with E-state index in [1.165, 1.54) is 11.1 Å². The highest BCUT2D eigenvalue weighted by Crippen LogP contribution is 2.56. The summed E-state index contributed by atoms with van der Waals surface area (Å²) in [4.78, 5) is 2.20. The van der Waals surface area contributed by atoms with Crippen molar-refractivity contribution in [1.29, 1.82) is 10.5 Å². The molecule has 5 heteroatoms. The van der Waals surface area contributed by atoms with Gasteiger partial charge in [0.05, 0.1) is 34.6 Å². The van der Waals surface area contributed by atoms with Gasteiger partial charge in [-0.15, -0.1) is 0 Å². The Balaban J connectivity index is 1.57. The van der Waals surface area contributed by atoms with Crippen LogP contribution in [0.3, 0.4) is 0 Å². The van der Waals surface area contributed by atoms with Crippen molar-refractivity contribution in [2.75, 3.05) is 4.90 Å². The molecule has 0 spiro atoms.